The van der Waals surface area contributed by atoms with E-state index in [1.54, 1.807) is 12.8 Å². The minimum absolute atomic E-state index is 0.771. The van der Waals surface area contributed by atoms with Gasteiger partial charge in [0.15, 0.2) is 0 Å². The highest BCUT2D eigenvalue weighted by Crippen LogP contribution is 2.76. The van der Waals surface area contributed by atoms with E-state index in [1.165, 1.54) is 25.8 Å². The Morgan fingerprint density at radius 3 is 3.00 bits per heavy atom. The first-order valence-corrected chi connectivity index (χ1v) is 6.35. The predicted octanol–water partition coefficient (Wildman–Crippen LogP) is 0.879. The Balaban J connectivity index is 1.84. The zero-order valence-electron chi connectivity index (χ0n) is 8.55. The Morgan fingerprint density at radius 1 is 1.07 bits per heavy atom. The molecule has 3 saturated carbocycles. The molecule has 2 nitrogen and oxygen atoms in total. The Bertz CT molecular complexity index is 304. The first kappa shape index (κ1) is 7.24. The molecule has 3 heterocycles. The van der Waals surface area contributed by atoms with Crippen LogP contribution < -0.4 is 10.6 Å². The number of nitrogens with one attached hydrogen (secondary N) is 2. The van der Waals surface area contributed by atoms with Crippen molar-refractivity contribution in [1.29, 1.82) is 0 Å². The molecule has 0 aromatic heterocycles. The fourth-order valence-corrected chi connectivity index (χ4v) is 6.51. The molecule has 3 saturated heterocycles. The summed E-state index contributed by atoms with van der Waals surface area (Å²) < 4.78 is 0. The van der Waals surface area contributed by atoms with Crippen molar-refractivity contribution >= 4 is 0 Å². The van der Waals surface area contributed by atoms with Crippen LogP contribution in [0.4, 0.5) is 0 Å². The third kappa shape index (κ3) is 0.455. The molecule has 6 rings (SSSR count). The maximum atomic E-state index is 3.89. The van der Waals surface area contributed by atoms with Crippen LogP contribution in [-0.4, -0.2) is 24.7 Å². The minimum Gasteiger partial charge on any atom is -0.311 e. The lowest BCUT2D eigenvalue weighted by molar-refractivity contribution is 0.118. The maximum Gasteiger partial charge on any atom is 0.0287 e. The molecule has 14 heavy (non-hydrogen) atoms. The fraction of sp³-hybridized carbons (Fsp3) is 1.00. The van der Waals surface area contributed by atoms with E-state index in [0.717, 1.165) is 34.9 Å². The van der Waals surface area contributed by atoms with Crippen LogP contribution in [0.2, 0.25) is 0 Å². The summed E-state index contributed by atoms with van der Waals surface area (Å²) in [6.07, 6.45) is 7.64. The molecular formula is C12H18N2. The Kier molecular flexibility index (Phi) is 0.931. The monoisotopic (exact) mass is 190 g/mol. The summed E-state index contributed by atoms with van der Waals surface area (Å²) in [4.78, 5) is 0. The van der Waals surface area contributed by atoms with Crippen LogP contribution in [0.3, 0.4) is 0 Å². The van der Waals surface area contributed by atoms with Crippen molar-refractivity contribution < 1.29 is 0 Å². The van der Waals surface area contributed by atoms with E-state index >= 15 is 0 Å². The van der Waals surface area contributed by atoms with Gasteiger partial charge in [-0.2, -0.15) is 0 Å². The lowest BCUT2D eigenvalue weighted by Gasteiger charge is -2.39. The smallest absolute Gasteiger partial charge is 0.0287 e. The van der Waals surface area contributed by atoms with Crippen molar-refractivity contribution in [2.75, 3.05) is 6.54 Å². The molecule has 3 aliphatic carbocycles. The molecule has 0 aromatic rings. The topological polar surface area (TPSA) is 24.1 Å². The first-order chi connectivity index (χ1) is 6.86. The summed E-state index contributed by atoms with van der Waals surface area (Å²) in [5.41, 5.74) is 1.57. The van der Waals surface area contributed by atoms with Gasteiger partial charge >= 0.3 is 0 Å². The van der Waals surface area contributed by atoms with E-state index in [9.17, 15) is 0 Å². The number of hydrogen-bond acceptors (Lipinski definition) is 2. The molecular weight excluding hydrogens is 172 g/mol. The molecule has 6 fully saturated rings. The zero-order valence-corrected chi connectivity index (χ0v) is 8.55. The molecule has 6 aliphatic rings. The second kappa shape index (κ2) is 1.80. The summed E-state index contributed by atoms with van der Waals surface area (Å²) in [5, 5.41) is 7.73. The summed E-state index contributed by atoms with van der Waals surface area (Å²) >= 11 is 0. The van der Waals surface area contributed by atoms with Gasteiger partial charge in [0.1, 0.15) is 0 Å². The van der Waals surface area contributed by atoms with Gasteiger partial charge in [-0.3, -0.25) is 0 Å². The summed E-state index contributed by atoms with van der Waals surface area (Å²) in [6, 6.07) is 2.59. The van der Waals surface area contributed by atoms with Gasteiger partial charge in [0.05, 0.1) is 0 Å². The zero-order chi connectivity index (χ0) is 8.97. The van der Waals surface area contributed by atoms with Crippen molar-refractivity contribution in [2.45, 2.75) is 50.2 Å². The SMILES string of the molecule is C1C[C@]23C[C@@H]4N[C@H](C2)[C@H]2CN[C@H]4[C@]23C1. The van der Waals surface area contributed by atoms with Crippen molar-refractivity contribution in [3.63, 3.8) is 0 Å². The lowest BCUT2D eigenvalue weighted by Crippen LogP contribution is -2.55. The van der Waals surface area contributed by atoms with Crippen molar-refractivity contribution in [3.8, 4) is 0 Å². The van der Waals surface area contributed by atoms with Crippen LogP contribution in [-0.2, 0) is 0 Å². The largest absolute Gasteiger partial charge is 0.311 e. The number of piperidine rings is 2. The lowest BCUT2D eigenvalue weighted by atomic mass is 9.67. The maximum absolute atomic E-state index is 3.89. The third-order valence-corrected chi connectivity index (χ3v) is 6.54. The first-order valence-electron chi connectivity index (χ1n) is 6.35. The van der Waals surface area contributed by atoms with E-state index in [4.69, 9.17) is 0 Å². The average molecular weight is 190 g/mol. The molecule has 76 valence electrons. The van der Waals surface area contributed by atoms with Crippen molar-refractivity contribution in [3.05, 3.63) is 0 Å². The van der Waals surface area contributed by atoms with E-state index in [0.29, 0.717) is 0 Å². The van der Waals surface area contributed by atoms with Gasteiger partial charge in [-0.25, -0.2) is 0 Å². The summed E-state index contributed by atoms with van der Waals surface area (Å²) in [5.74, 6) is 0.994. The van der Waals surface area contributed by atoms with Crippen LogP contribution in [0.25, 0.3) is 0 Å². The molecule has 6 bridgehead atoms. The summed E-state index contributed by atoms with van der Waals surface area (Å²) in [6.45, 7) is 1.32. The minimum atomic E-state index is 0.771. The van der Waals surface area contributed by atoms with Gasteiger partial charge in [-0.05, 0) is 42.4 Å². The van der Waals surface area contributed by atoms with E-state index < -0.39 is 0 Å². The molecule has 0 unspecified atom stereocenters. The highest BCUT2D eigenvalue weighted by Gasteiger charge is 2.78. The average Bonchev–Trinajstić information content (AvgIpc) is 2.75. The highest BCUT2D eigenvalue weighted by atomic mass is 15.2. The highest BCUT2D eigenvalue weighted by molar-refractivity contribution is 5.33. The Labute approximate surface area is 84.8 Å². The van der Waals surface area contributed by atoms with Gasteiger partial charge in [-0.15, -0.1) is 0 Å². The van der Waals surface area contributed by atoms with Crippen LogP contribution in [0.5, 0.6) is 0 Å². The van der Waals surface area contributed by atoms with Crippen LogP contribution in [0, 0.1) is 16.7 Å². The van der Waals surface area contributed by atoms with Gasteiger partial charge in [-0.1, -0.05) is 6.42 Å². The third-order valence-electron chi connectivity index (χ3n) is 6.54. The predicted molar refractivity (Wildman–Crippen MR) is 53.9 cm³/mol. The second-order valence-corrected chi connectivity index (χ2v) is 6.45. The Morgan fingerprint density at radius 2 is 2.00 bits per heavy atom. The molecule has 2 heteroatoms. The van der Waals surface area contributed by atoms with Crippen LogP contribution in [0.15, 0.2) is 0 Å². The van der Waals surface area contributed by atoms with Crippen LogP contribution in [0.1, 0.15) is 32.1 Å². The van der Waals surface area contributed by atoms with Gasteiger partial charge in [0.25, 0.3) is 0 Å². The molecule has 2 N–H and O–H groups in total. The van der Waals surface area contributed by atoms with Gasteiger partial charge < -0.3 is 10.6 Å². The van der Waals surface area contributed by atoms with Crippen molar-refractivity contribution in [2.24, 2.45) is 16.7 Å². The second-order valence-electron chi connectivity index (χ2n) is 6.45. The summed E-state index contributed by atoms with van der Waals surface area (Å²) in [7, 11) is 0. The van der Waals surface area contributed by atoms with Crippen molar-refractivity contribution in [1.82, 2.24) is 10.6 Å². The van der Waals surface area contributed by atoms with E-state index in [-0.39, 0.29) is 0 Å². The Hall–Kier alpha value is -0.0800. The molecule has 0 radical (unpaired) electrons. The van der Waals surface area contributed by atoms with Crippen LogP contribution >= 0.6 is 0 Å². The molecule has 6 atom stereocenters. The van der Waals surface area contributed by atoms with Gasteiger partial charge in [0, 0.05) is 24.7 Å². The van der Waals surface area contributed by atoms with E-state index in [1.807, 2.05) is 0 Å². The molecule has 0 aromatic carbocycles. The number of rotatable bonds is 0. The van der Waals surface area contributed by atoms with Gasteiger partial charge in [0.2, 0.25) is 0 Å². The number of hydrogen-bond donors (Lipinski definition) is 2. The molecule has 2 spiro atoms. The normalized spacial score (nSPS) is 72.0. The van der Waals surface area contributed by atoms with E-state index in [2.05, 4.69) is 10.6 Å². The quantitative estimate of drug-likeness (QED) is 0.592. The molecule has 3 aliphatic heterocycles. The fourth-order valence-electron chi connectivity index (χ4n) is 6.51. The standard InChI is InChI=1S/C12H18N2/c1-2-11-4-8-7-6-13-10(9(5-11)14-8)12(7,11)3-1/h7-10,13-14H,1-6H2/t7-,8-,9+,10-,11-,12+/m1/s1. The molecule has 0 amide bonds.